The molecule has 2 aromatic rings. The van der Waals surface area contributed by atoms with Crippen molar-refractivity contribution in [2.45, 2.75) is 0 Å². The van der Waals surface area contributed by atoms with E-state index in [9.17, 15) is 4.79 Å². The first kappa shape index (κ1) is 22.4. The van der Waals surface area contributed by atoms with Crippen molar-refractivity contribution in [2.24, 2.45) is 10.8 Å². The number of rotatable bonds is 7. The Kier molecular flexibility index (Phi) is 7.13. The number of amides is 1. The molecule has 2 aromatic carbocycles. The number of carbonyl (C=O) groups excluding carboxylic acids is 1. The van der Waals surface area contributed by atoms with E-state index in [1.165, 1.54) is 0 Å². The van der Waals surface area contributed by atoms with Crippen LogP contribution in [-0.2, 0) is 0 Å². The third-order valence-corrected chi connectivity index (χ3v) is 5.06. The molecule has 1 aliphatic heterocycles. The Morgan fingerprint density at radius 2 is 1.69 bits per heavy atom. The van der Waals surface area contributed by atoms with Crippen molar-refractivity contribution < 1.29 is 14.3 Å². The maximum absolute atomic E-state index is 13.0. The minimum atomic E-state index is -0.392. The van der Waals surface area contributed by atoms with Gasteiger partial charge in [0.25, 0.3) is 5.91 Å². The number of anilines is 2. The third kappa shape index (κ3) is 5.26. The molecule has 0 unspecified atom stereocenters. The van der Waals surface area contributed by atoms with Crippen LogP contribution in [0.25, 0.3) is 0 Å². The Morgan fingerprint density at radius 1 is 1.09 bits per heavy atom. The number of ether oxygens (including phenoxy) is 2. The number of piperazine rings is 1. The van der Waals surface area contributed by atoms with Crippen LogP contribution in [0.4, 0.5) is 11.4 Å². The Morgan fingerprint density at radius 3 is 2.19 bits per heavy atom. The number of hydrogen-bond acceptors (Lipinski definition) is 8. The number of hydrazone groups is 1. The molecule has 0 bridgehead atoms. The van der Waals surface area contributed by atoms with E-state index < -0.39 is 5.84 Å². The smallest absolute Gasteiger partial charge is 0.254 e. The highest BCUT2D eigenvalue weighted by Gasteiger charge is 2.23. The average molecular weight is 435 g/mol. The summed E-state index contributed by atoms with van der Waals surface area (Å²) in [6.45, 7) is 2.57. The zero-order valence-electron chi connectivity index (χ0n) is 18.0. The SMILES string of the molecule is COc1cc(OC)cc(C(=O)N2CCN(c3ccc(N/N=C(\C#N)C(=N)N)cc3)CC2)c1. The lowest BCUT2D eigenvalue weighted by Crippen LogP contribution is -2.48. The van der Waals surface area contributed by atoms with Crippen LogP contribution in [-0.4, -0.2) is 62.8 Å². The summed E-state index contributed by atoms with van der Waals surface area (Å²) in [5.74, 6) is 0.707. The fourth-order valence-electron chi connectivity index (χ4n) is 3.29. The van der Waals surface area contributed by atoms with E-state index in [2.05, 4.69) is 15.4 Å². The maximum atomic E-state index is 13.0. The van der Waals surface area contributed by atoms with Gasteiger partial charge in [-0.25, -0.2) is 0 Å². The van der Waals surface area contributed by atoms with E-state index in [0.29, 0.717) is 48.9 Å². The molecule has 0 aliphatic carbocycles. The van der Waals surface area contributed by atoms with Gasteiger partial charge >= 0.3 is 0 Å². The lowest BCUT2D eigenvalue weighted by molar-refractivity contribution is 0.0746. The predicted molar refractivity (Wildman–Crippen MR) is 123 cm³/mol. The number of methoxy groups -OCH3 is 2. The minimum absolute atomic E-state index is 0.0574. The number of carbonyl (C=O) groups is 1. The Labute approximate surface area is 186 Å². The van der Waals surface area contributed by atoms with Gasteiger partial charge in [0.2, 0.25) is 5.71 Å². The molecule has 1 aliphatic rings. The molecule has 1 saturated heterocycles. The van der Waals surface area contributed by atoms with Gasteiger partial charge in [0, 0.05) is 43.5 Å². The number of amidine groups is 1. The van der Waals surface area contributed by atoms with Crippen molar-refractivity contribution in [1.82, 2.24) is 4.90 Å². The van der Waals surface area contributed by atoms with E-state index in [1.54, 1.807) is 38.5 Å². The van der Waals surface area contributed by atoms with Gasteiger partial charge in [-0.2, -0.15) is 10.4 Å². The third-order valence-electron chi connectivity index (χ3n) is 5.06. The van der Waals surface area contributed by atoms with Gasteiger partial charge in [-0.3, -0.25) is 15.6 Å². The topological polar surface area (TPSA) is 140 Å². The molecule has 1 amide bonds. The second-order valence-corrected chi connectivity index (χ2v) is 7.03. The molecular formula is C22H25N7O3. The first-order valence-electron chi connectivity index (χ1n) is 9.90. The summed E-state index contributed by atoms with van der Waals surface area (Å²) in [5.41, 5.74) is 10.0. The monoisotopic (exact) mass is 435 g/mol. The van der Waals surface area contributed by atoms with Crippen LogP contribution >= 0.6 is 0 Å². The summed E-state index contributed by atoms with van der Waals surface area (Å²) < 4.78 is 10.5. The molecule has 0 saturated carbocycles. The summed E-state index contributed by atoms with van der Waals surface area (Å²) in [7, 11) is 3.11. The number of nitrogens with zero attached hydrogens (tertiary/aromatic N) is 4. The van der Waals surface area contributed by atoms with Crippen molar-refractivity contribution in [1.29, 1.82) is 10.7 Å². The van der Waals surface area contributed by atoms with Gasteiger partial charge in [-0.1, -0.05) is 0 Å². The van der Waals surface area contributed by atoms with Crippen molar-refractivity contribution in [3.63, 3.8) is 0 Å². The highest BCUT2D eigenvalue weighted by molar-refractivity contribution is 6.45. The Bertz CT molecular complexity index is 1030. The van der Waals surface area contributed by atoms with Crippen molar-refractivity contribution in [3.05, 3.63) is 48.0 Å². The second-order valence-electron chi connectivity index (χ2n) is 7.03. The van der Waals surface area contributed by atoms with E-state index in [0.717, 1.165) is 5.69 Å². The van der Waals surface area contributed by atoms with Gasteiger partial charge in [0.05, 0.1) is 19.9 Å². The van der Waals surface area contributed by atoms with E-state index in [-0.39, 0.29) is 11.6 Å². The van der Waals surface area contributed by atoms with Crippen LogP contribution in [0.5, 0.6) is 11.5 Å². The molecule has 1 heterocycles. The van der Waals surface area contributed by atoms with Gasteiger partial charge < -0.3 is 25.0 Å². The normalized spacial score (nSPS) is 13.8. The standard InChI is InChI=1S/C22H25N7O3/c1-31-18-11-15(12-19(13-18)32-2)22(30)29-9-7-28(8-10-29)17-5-3-16(4-6-17)26-27-20(14-23)21(24)25/h3-6,11-13,26H,7-10H2,1-2H3,(H3,24,25)/b27-20+. The van der Waals surface area contributed by atoms with Crippen LogP contribution in [0.3, 0.4) is 0 Å². The number of hydrogen-bond donors (Lipinski definition) is 3. The molecule has 10 heteroatoms. The molecule has 32 heavy (non-hydrogen) atoms. The first-order chi connectivity index (χ1) is 15.4. The first-order valence-corrected chi connectivity index (χ1v) is 9.90. The molecule has 0 atom stereocenters. The Hall–Kier alpha value is -4.26. The molecule has 1 fully saturated rings. The lowest BCUT2D eigenvalue weighted by atomic mass is 10.1. The average Bonchev–Trinajstić information content (AvgIpc) is 2.84. The molecule has 3 rings (SSSR count). The van der Waals surface area contributed by atoms with Crippen LogP contribution in [0.15, 0.2) is 47.6 Å². The lowest BCUT2D eigenvalue weighted by Gasteiger charge is -2.36. The minimum Gasteiger partial charge on any atom is -0.497 e. The van der Waals surface area contributed by atoms with E-state index in [4.69, 9.17) is 25.9 Å². The van der Waals surface area contributed by atoms with Crippen molar-refractivity contribution >= 4 is 28.8 Å². The summed E-state index contributed by atoms with van der Waals surface area (Å²) in [4.78, 5) is 17.0. The molecular weight excluding hydrogens is 410 g/mol. The number of benzene rings is 2. The molecule has 0 radical (unpaired) electrons. The quantitative estimate of drug-likeness (QED) is 0.343. The van der Waals surface area contributed by atoms with Gasteiger partial charge in [0.1, 0.15) is 17.6 Å². The van der Waals surface area contributed by atoms with E-state index in [1.807, 2.05) is 29.2 Å². The number of nitrogens with two attached hydrogens (primary N) is 1. The molecule has 10 nitrogen and oxygen atoms in total. The second kappa shape index (κ2) is 10.2. The fraction of sp³-hybridized carbons (Fsp3) is 0.273. The summed E-state index contributed by atoms with van der Waals surface area (Å²) >= 11 is 0. The highest BCUT2D eigenvalue weighted by atomic mass is 16.5. The molecule has 0 spiro atoms. The van der Waals surface area contributed by atoms with Crippen molar-refractivity contribution in [3.8, 4) is 17.6 Å². The summed E-state index contributed by atoms with van der Waals surface area (Å²) in [5, 5.41) is 20.0. The molecule has 4 N–H and O–H groups in total. The van der Waals surface area contributed by atoms with Gasteiger partial charge in [-0.15, -0.1) is 0 Å². The molecule has 166 valence electrons. The summed E-state index contributed by atoms with van der Waals surface area (Å²) in [6, 6.07) is 14.4. The fourth-order valence-corrected chi connectivity index (χ4v) is 3.29. The van der Waals surface area contributed by atoms with Gasteiger partial charge in [-0.05, 0) is 36.4 Å². The number of nitrogens with one attached hydrogen (secondary N) is 2. The van der Waals surface area contributed by atoms with Crippen molar-refractivity contribution in [2.75, 3.05) is 50.7 Å². The zero-order chi connectivity index (χ0) is 23.1. The number of nitriles is 1. The zero-order valence-corrected chi connectivity index (χ0v) is 18.0. The predicted octanol–water partition coefficient (Wildman–Crippen LogP) is 1.89. The largest absolute Gasteiger partial charge is 0.497 e. The van der Waals surface area contributed by atoms with Crippen LogP contribution < -0.4 is 25.5 Å². The summed E-state index contributed by atoms with van der Waals surface area (Å²) in [6.07, 6.45) is 0. The molecule has 0 aromatic heterocycles. The van der Waals surface area contributed by atoms with Crippen LogP contribution in [0.1, 0.15) is 10.4 Å². The van der Waals surface area contributed by atoms with Crippen LogP contribution in [0, 0.1) is 16.7 Å². The van der Waals surface area contributed by atoms with E-state index >= 15 is 0 Å². The van der Waals surface area contributed by atoms with Gasteiger partial charge in [0.15, 0.2) is 5.84 Å². The van der Waals surface area contributed by atoms with Crippen LogP contribution in [0.2, 0.25) is 0 Å². The highest BCUT2D eigenvalue weighted by Crippen LogP contribution is 2.25. The maximum Gasteiger partial charge on any atom is 0.254 e. The Balaban J connectivity index is 1.60.